The Morgan fingerprint density at radius 3 is 3.00 bits per heavy atom. The van der Waals surface area contributed by atoms with Crippen molar-refractivity contribution in [3.05, 3.63) is 71.0 Å². The highest BCUT2D eigenvalue weighted by atomic mass is 16.5. The fourth-order valence-corrected chi connectivity index (χ4v) is 3.13. The van der Waals surface area contributed by atoms with Crippen LogP contribution in [0.3, 0.4) is 0 Å². The number of pyridine rings is 1. The third-order valence-corrected chi connectivity index (χ3v) is 4.28. The van der Waals surface area contributed by atoms with Gasteiger partial charge in [0.05, 0.1) is 17.8 Å². The molecule has 0 saturated carbocycles. The number of rotatable bonds is 3. The third-order valence-electron chi connectivity index (χ3n) is 4.28. The Balaban J connectivity index is 1.64. The zero-order valence-electron chi connectivity index (χ0n) is 13.3. The number of benzene rings is 1. The fraction of sp³-hybridized carbons (Fsp3) is 0.211. The lowest BCUT2D eigenvalue weighted by atomic mass is 10.1. The first kappa shape index (κ1) is 14.5. The first-order chi connectivity index (χ1) is 11.7. The predicted octanol–water partition coefficient (Wildman–Crippen LogP) is 3.51. The molecule has 0 saturated heterocycles. The van der Waals surface area contributed by atoms with Gasteiger partial charge >= 0.3 is 0 Å². The molecule has 3 aromatic rings. The monoisotopic (exact) mass is 316 g/mol. The van der Waals surface area contributed by atoms with Gasteiger partial charge in [-0.3, -0.25) is 0 Å². The summed E-state index contributed by atoms with van der Waals surface area (Å²) in [6, 6.07) is 13.8. The molecule has 5 nitrogen and oxygen atoms in total. The number of nitriles is 1. The van der Waals surface area contributed by atoms with E-state index in [0.29, 0.717) is 17.3 Å². The highest BCUT2D eigenvalue weighted by molar-refractivity contribution is 5.39. The second-order valence-electron chi connectivity index (χ2n) is 5.94. The van der Waals surface area contributed by atoms with Crippen molar-refractivity contribution in [1.82, 2.24) is 14.8 Å². The van der Waals surface area contributed by atoms with Gasteiger partial charge in [-0.15, -0.1) is 0 Å². The van der Waals surface area contributed by atoms with Crippen LogP contribution >= 0.6 is 0 Å². The number of fused-ring (bicyclic) bond motifs is 1. The number of hydrogen-bond donors (Lipinski definition) is 0. The second kappa shape index (κ2) is 5.82. The van der Waals surface area contributed by atoms with Crippen molar-refractivity contribution in [2.45, 2.75) is 25.9 Å². The summed E-state index contributed by atoms with van der Waals surface area (Å²) in [5.41, 5.74) is 4.42. The molecule has 5 heteroatoms. The number of ether oxygens (including phenoxy) is 1. The summed E-state index contributed by atoms with van der Waals surface area (Å²) >= 11 is 0. The highest BCUT2D eigenvalue weighted by Crippen LogP contribution is 2.35. The van der Waals surface area contributed by atoms with Gasteiger partial charge in [0.2, 0.25) is 5.88 Å². The quantitative estimate of drug-likeness (QED) is 0.741. The normalized spacial score (nSPS) is 15.8. The Bertz CT molecular complexity index is 939. The standard InChI is InChI=1S/C19H16N4O/c1-13-2-4-16-15(10-13)3-5-17(16)24-19-7-9-22-23(19)18-11-14(12-20)6-8-21-18/h2,4,6-11,17H,3,5H2,1H3. The molecule has 4 rings (SSSR count). The van der Waals surface area contributed by atoms with E-state index in [9.17, 15) is 0 Å². The van der Waals surface area contributed by atoms with Crippen LogP contribution in [0.5, 0.6) is 5.88 Å². The summed E-state index contributed by atoms with van der Waals surface area (Å²) in [6.07, 6.45) is 5.29. The van der Waals surface area contributed by atoms with Crippen LogP contribution in [-0.2, 0) is 6.42 Å². The first-order valence-corrected chi connectivity index (χ1v) is 7.91. The van der Waals surface area contributed by atoms with Gasteiger partial charge < -0.3 is 4.74 Å². The minimum atomic E-state index is 0.0233. The van der Waals surface area contributed by atoms with Crippen molar-refractivity contribution in [2.75, 3.05) is 0 Å². The largest absolute Gasteiger partial charge is 0.469 e. The summed E-state index contributed by atoms with van der Waals surface area (Å²) in [6.45, 7) is 2.11. The van der Waals surface area contributed by atoms with Crippen LogP contribution in [0.25, 0.3) is 5.82 Å². The Kier molecular flexibility index (Phi) is 3.51. The predicted molar refractivity (Wildman–Crippen MR) is 88.9 cm³/mol. The lowest BCUT2D eigenvalue weighted by Crippen LogP contribution is -2.09. The van der Waals surface area contributed by atoms with Crippen molar-refractivity contribution in [3.8, 4) is 17.8 Å². The molecule has 0 N–H and O–H groups in total. The molecule has 0 spiro atoms. The summed E-state index contributed by atoms with van der Waals surface area (Å²) in [7, 11) is 0. The maximum absolute atomic E-state index is 9.05. The molecule has 1 aliphatic carbocycles. The zero-order valence-corrected chi connectivity index (χ0v) is 13.3. The zero-order chi connectivity index (χ0) is 16.5. The van der Waals surface area contributed by atoms with Gasteiger partial charge in [0.25, 0.3) is 0 Å². The summed E-state index contributed by atoms with van der Waals surface area (Å²) in [5.74, 6) is 1.21. The SMILES string of the molecule is Cc1ccc2c(c1)CCC2Oc1ccnn1-c1cc(C#N)ccn1. The topological polar surface area (TPSA) is 63.7 Å². The molecule has 0 fully saturated rings. The summed E-state index contributed by atoms with van der Waals surface area (Å²) < 4.78 is 7.85. The average Bonchev–Trinajstić information content (AvgIpc) is 3.22. The first-order valence-electron chi connectivity index (χ1n) is 7.91. The molecule has 2 aromatic heterocycles. The van der Waals surface area contributed by atoms with Crippen LogP contribution in [0.15, 0.2) is 48.8 Å². The van der Waals surface area contributed by atoms with E-state index in [-0.39, 0.29) is 6.10 Å². The van der Waals surface area contributed by atoms with E-state index in [0.717, 1.165) is 12.8 Å². The van der Waals surface area contributed by atoms with Crippen LogP contribution in [-0.4, -0.2) is 14.8 Å². The molecule has 118 valence electrons. The van der Waals surface area contributed by atoms with Gasteiger partial charge in [-0.1, -0.05) is 23.8 Å². The van der Waals surface area contributed by atoms with Gasteiger partial charge in [-0.25, -0.2) is 4.98 Å². The van der Waals surface area contributed by atoms with Crippen molar-refractivity contribution in [1.29, 1.82) is 5.26 Å². The molecule has 1 aliphatic rings. The van der Waals surface area contributed by atoms with Gasteiger partial charge in [0.1, 0.15) is 6.10 Å². The van der Waals surface area contributed by atoms with E-state index in [4.69, 9.17) is 10.00 Å². The average molecular weight is 316 g/mol. The lowest BCUT2D eigenvalue weighted by molar-refractivity contribution is 0.193. The van der Waals surface area contributed by atoms with Crippen molar-refractivity contribution < 1.29 is 4.74 Å². The highest BCUT2D eigenvalue weighted by Gasteiger charge is 2.25. The molecular formula is C19H16N4O. The number of aryl methyl sites for hydroxylation is 2. The van der Waals surface area contributed by atoms with E-state index in [2.05, 4.69) is 41.3 Å². The number of hydrogen-bond acceptors (Lipinski definition) is 4. The van der Waals surface area contributed by atoms with Crippen LogP contribution in [0, 0.1) is 18.3 Å². The molecule has 0 aliphatic heterocycles. The Morgan fingerprint density at radius 2 is 2.12 bits per heavy atom. The van der Waals surface area contributed by atoms with E-state index in [1.54, 1.807) is 29.2 Å². The molecule has 2 heterocycles. The van der Waals surface area contributed by atoms with Gasteiger partial charge in [-0.2, -0.15) is 15.0 Å². The Morgan fingerprint density at radius 1 is 1.21 bits per heavy atom. The molecule has 0 amide bonds. The van der Waals surface area contributed by atoms with Crippen LogP contribution in [0.4, 0.5) is 0 Å². The molecule has 0 bridgehead atoms. The molecule has 24 heavy (non-hydrogen) atoms. The minimum Gasteiger partial charge on any atom is -0.469 e. The third kappa shape index (κ3) is 2.52. The van der Waals surface area contributed by atoms with E-state index in [1.165, 1.54) is 16.7 Å². The Labute approximate surface area is 140 Å². The van der Waals surface area contributed by atoms with E-state index >= 15 is 0 Å². The minimum absolute atomic E-state index is 0.0233. The summed E-state index contributed by atoms with van der Waals surface area (Å²) in [5, 5.41) is 13.3. The van der Waals surface area contributed by atoms with Crippen LogP contribution < -0.4 is 4.74 Å². The van der Waals surface area contributed by atoms with Crippen LogP contribution in [0.1, 0.15) is 34.8 Å². The maximum atomic E-state index is 9.05. The maximum Gasteiger partial charge on any atom is 0.218 e. The van der Waals surface area contributed by atoms with Crippen molar-refractivity contribution >= 4 is 0 Å². The molecule has 1 aromatic carbocycles. The lowest BCUT2D eigenvalue weighted by Gasteiger charge is -2.16. The number of nitrogens with zero attached hydrogens (tertiary/aromatic N) is 4. The van der Waals surface area contributed by atoms with E-state index in [1.807, 2.05) is 6.07 Å². The molecular weight excluding hydrogens is 300 g/mol. The molecule has 1 atom stereocenters. The summed E-state index contributed by atoms with van der Waals surface area (Å²) in [4.78, 5) is 4.29. The second-order valence-corrected chi connectivity index (χ2v) is 5.94. The van der Waals surface area contributed by atoms with Crippen molar-refractivity contribution in [2.24, 2.45) is 0 Å². The van der Waals surface area contributed by atoms with Gasteiger partial charge in [0.15, 0.2) is 5.82 Å². The number of aromatic nitrogens is 3. The molecule has 1 unspecified atom stereocenters. The van der Waals surface area contributed by atoms with E-state index < -0.39 is 0 Å². The fourth-order valence-electron chi connectivity index (χ4n) is 3.13. The van der Waals surface area contributed by atoms with Gasteiger partial charge in [-0.05, 0) is 37.0 Å². The van der Waals surface area contributed by atoms with Crippen molar-refractivity contribution in [3.63, 3.8) is 0 Å². The molecule has 0 radical (unpaired) electrons. The van der Waals surface area contributed by atoms with Gasteiger partial charge in [0, 0.05) is 18.3 Å². The smallest absolute Gasteiger partial charge is 0.218 e. The Hall–Kier alpha value is -3.13. The van der Waals surface area contributed by atoms with Crippen LogP contribution in [0.2, 0.25) is 0 Å².